The van der Waals surface area contributed by atoms with Gasteiger partial charge in [-0.25, -0.2) is 13.1 Å². The maximum absolute atomic E-state index is 12.2. The van der Waals surface area contributed by atoms with Gasteiger partial charge in [0.1, 0.15) is 0 Å². The van der Waals surface area contributed by atoms with Crippen LogP contribution in [0.4, 0.5) is 5.69 Å². The Morgan fingerprint density at radius 3 is 2.43 bits per heavy atom. The first kappa shape index (κ1) is 15.8. The van der Waals surface area contributed by atoms with Gasteiger partial charge >= 0.3 is 0 Å². The molecule has 0 spiro atoms. The predicted molar refractivity (Wildman–Crippen MR) is 85.9 cm³/mol. The molecular formula is C15H17ClN2O2S. The average molecular weight is 325 g/mol. The predicted octanol–water partition coefficient (Wildman–Crippen LogP) is 2.75. The van der Waals surface area contributed by atoms with Crippen LogP contribution < -0.4 is 10.5 Å². The molecule has 2 aromatic rings. The van der Waals surface area contributed by atoms with E-state index in [1.54, 1.807) is 24.3 Å². The minimum absolute atomic E-state index is 0.191. The molecule has 2 aromatic carbocycles. The van der Waals surface area contributed by atoms with E-state index in [1.807, 2.05) is 19.1 Å². The highest BCUT2D eigenvalue weighted by atomic mass is 35.5. The van der Waals surface area contributed by atoms with Gasteiger partial charge in [-0.2, -0.15) is 0 Å². The van der Waals surface area contributed by atoms with Gasteiger partial charge in [0.25, 0.3) is 0 Å². The number of rotatable bonds is 5. The summed E-state index contributed by atoms with van der Waals surface area (Å²) in [5.41, 5.74) is 7.96. The van der Waals surface area contributed by atoms with Crippen molar-refractivity contribution in [3.05, 3.63) is 58.6 Å². The van der Waals surface area contributed by atoms with Crippen molar-refractivity contribution in [2.24, 2.45) is 0 Å². The highest BCUT2D eigenvalue weighted by molar-refractivity contribution is 7.89. The molecule has 0 aliphatic rings. The fourth-order valence-corrected chi connectivity index (χ4v) is 3.29. The molecule has 0 saturated heterocycles. The molecule has 3 N–H and O–H groups in total. The first-order valence-corrected chi connectivity index (χ1v) is 8.34. The Balaban J connectivity index is 2.02. The van der Waals surface area contributed by atoms with Gasteiger partial charge in [-0.15, -0.1) is 0 Å². The van der Waals surface area contributed by atoms with Crippen molar-refractivity contribution in [2.75, 3.05) is 12.3 Å². The average Bonchev–Trinajstić information content (AvgIpc) is 2.40. The molecule has 0 aliphatic carbocycles. The Morgan fingerprint density at radius 2 is 1.81 bits per heavy atom. The van der Waals surface area contributed by atoms with Gasteiger partial charge in [0.05, 0.1) is 4.90 Å². The number of sulfonamides is 1. The lowest BCUT2D eigenvalue weighted by Crippen LogP contribution is -2.26. The summed E-state index contributed by atoms with van der Waals surface area (Å²) in [5, 5.41) is 0.662. The summed E-state index contributed by atoms with van der Waals surface area (Å²) in [5.74, 6) is 0. The normalized spacial score (nSPS) is 11.5. The van der Waals surface area contributed by atoms with Crippen LogP contribution in [0, 0.1) is 6.92 Å². The summed E-state index contributed by atoms with van der Waals surface area (Å²) in [6.45, 7) is 2.13. The van der Waals surface area contributed by atoms with Crippen molar-refractivity contribution in [1.29, 1.82) is 0 Å². The number of halogens is 1. The summed E-state index contributed by atoms with van der Waals surface area (Å²) in [6.07, 6.45) is 0.595. The van der Waals surface area contributed by atoms with Crippen LogP contribution in [0.5, 0.6) is 0 Å². The molecule has 21 heavy (non-hydrogen) atoms. The minimum atomic E-state index is -3.54. The zero-order valence-electron chi connectivity index (χ0n) is 11.6. The molecule has 0 unspecified atom stereocenters. The van der Waals surface area contributed by atoms with E-state index < -0.39 is 10.0 Å². The zero-order chi connectivity index (χ0) is 15.5. The smallest absolute Gasteiger partial charge is 0.240 e. The molecule has 0 amide bonds. The molecule has 0 aromatic heterocycles. The largest absolute Gasteiger partial charge is 0.399 e. The first-order chi connectivity index (χ1) is 9.87. The van der Waals surface area contributed by atoms with Crippen molar-refractivity contribution >= 4 is 27.3 Å². The van der Waals surface area contributed by atoms with E-state index in [0.717, 1.165) is 11.1 Å². The van der Waals surface area contributed by atoms with E-state index in [4.69, 9.17) is 17.3 Å². The summed E-state index contributed by atoms with van der Waals surface area (Å²) in [4.78, 5) is 0.191. The van der Waals surface area contributed by atoms with Gasteiger partial charge in [-0.3, -0.25) is 0 Å². The second kappa shape index (κ2) is 6.47. The molecule has 0 radical (unpaired) electrons. The summed E-state index contributed by atoms with van der Waals surface area (Å²) >= 11 is 5.80. The number of hydrogen-bond acceptors (Lipinski definition) is 3. The molecule has 112 valence electrons. The monoisotopic (exact) mass is 324 g/mol. The van der Waals surface area contributed by atoms with Gasteiger partial charge in [0, 0.05) is 17.3 Å². The van der Waals surface area contributed by atoms with Crippen LogP contribution in [0.15, 0.2) is 47.4 Å². The third-order valence-corrected chi connectivity index (χ3v) is 4.69. The third kappa shape index (κ3) is 4.46. The van der Waals surface area contributed by atoms with E-state index in [2.05, 4.69) is 4.72 Å². The molecule has 0 fully saturated rings. The summed E-state index contributed by atoms with van der Waals surface area (Å²) < 4.78 is 27.0. The van der Waals surface area contributed by atoms with Gasteiger partial charge in [0.2, 0.25) is 10.0 Å². The molecule has 4 nitrogen and oxygen atoms in total. The Morgan fingerprint density at radius 1 is 1.14 bits per heavy atom. The molecule has 2 rings (SSSR count). The third-order valence-electron chi connectivity index (χ3n) is 3.00. The van der Waals surface area contributed by atoms with Crippen LogP contribution in [0.2, 0.25) is 5.02 Å². The van der Waals surface area contributed by atoms with Crippen LogP contribution in [-0.2, 0) is 16.4 Å². The van der Waals surface area contributed by atoms with Gasteiger partial charge in [-0.05, 0) is 54.8 Å². The van der Waals surface area contributed by atoms with E-state index in [0.29, 0.717) is 23.7 Å². The standard InChI is InChI=1S/C15H17ClN2O2S/c1-11-8-14(17)10-15(9-11)21(19,20)18-7-6-12-2-4-13(16)5-3-12/h2-5,8-10,18H,6-7,17H2,1H3. The van der Waals surface area contributed by atoms with Gasteiger partial charge < -0.3 is 5.73 Å². The van der Waals surface area contributed by atoms with Gasteiger partial charge in [-0.1, -0.05) is 23.7 Å². The Hall–Kier alpha value is -1.56. The van der Waals surface area contributed by atoms with Crippen LogP contribution in [0.3, 0.4) is 0 Å². The highest BCUT2D eigenvalue weighted by Gasteiger charge is 2.14. The number of aryl methyl sites for hydroxylation is 1. The van der Waals surface area contributed by atoms with Crippen LogP contribution in [0.25, 0.3) is 0 Å². The Labute approximate surface area is 130 Å². The van der Waals surface area contributed by atoms with E-state index in [1.165, 1.54) is 6.07 Å². The van der Waals surface area contributed by atoms with Crippen molar-refractivity contribution in [3.63, 3.8) is 0 Å². The number of hydrogen-bond donors (Lipinski definition) is 2. The molecule has 0 bridgehead atoms. The maximum atomic E-state index is 12.2. The molecular weight excluding hydrogens is 308 g/mol. The lowest BCUT2D eigenvalue weighted by molar-refractivity contribution is 0.581. The molecule has 0 heterocycles. The van der Waals surface area contributed by atoms with Crippen LogP contribution in [0.1, 0.15) is 11.1 Å². The number of nitrogens with one attached hydrogen (secondary N) is 1. The maximum Gasteiger partial charge on any atom is 0.240 e. The molecule has 0 atom stereocenters. The Kier molecular flexibility index (Phi) is 4.88. The van der Waals surface area contributed by atoms with Crippen molar-refractivity contribution < 1.29 is 8.42 Å². The summed E-state index contributed by atoms with van der Waals surface area (Å²) in [6, 6.07) is 12.1. The number of nitrogens with two attached hydrogens (primary N) is 1. The van der Waals surface area contributed by atoms with E-state index in [-0.39, 0.29) is 4.90 Å². The fourth-order valence-electron chi connectivity index (χ4n) is 2.00. The summed E-state index contributed by atoms with van der Waals surface area (Å²) in [7, 11) is -3.54. The number of anilines is 1. The quantitative estimate of drug-likeness (QED) is 0.831. The Bertz CT molecular complexity index is 708. The first-order valence-electron chi connectivity index (χ1n) is 6.48. The second-order valence-corrected chi connectivity index (χ2v) is 7.06. The SMILES string of the molecule is Cc1cc(N)cc(S(=O)(=O)NCCc2ccc(Cl)cc2)c1. The number of nitrogen functional groups attached to an aromatic ring is 1. The lowest BCUT2D eigenvalue weighted by Gasteiger charge is -2.08. The second-order valence-electron chi connectivity index (χ2n) is 4.85. The molecule has 0 aliphatic heterocycles. The van der Waals surface area contributed by atoms with Crippen molar-refractivity contribution in [1.82, 2.24) is 4.72 Å². The highest BCUT2D eigenvalue weighted by Crippen LogP contribution is 2.16. The van der Waals surface area contributed by atoms with Crippen molar-refractivity contribution in [2.45, 2.75) is 18.2 Å². The van der Waals surface area contributed by atoms with E-state index in [9.17, 15) is 8.42 Å². The molecule has 6 heteroatoms. The topological polar surface area (TPSA) is 72.2 Å². The van der Waals surface area contributed by atoms with Crippen LogP contribution >= 0.6 is 11.6 Å². The minimum Gasteiger partial charge on any atom is -0.399 e. The number of benzene rings is 2. The zero-order valence-corrected chi connectivity index (χ0v) is 13.2. The van der Waals surface area contributed by atoms with E-state index >= 15 is 0 Å². The molecule has 0 saturated carbocycles. The van der Waals surface area contributed by atoms with Gasteiger partial charge in [0.15, 0.2) is 0 Å². The fraction of sp³-hybridized carbons (Fsp3) is 0.200. The lowest BCUT2D eigenvalue weighted by atomic mass is 10.2. The van der Waals surface area contributed by atoms with Crippen LogP contribution in [-0.4, -0.2) is 15.0 Å². The van der Waals surface area contributed by atoms with Crippen molar-refractivity contribution in [3.8, 4) is 0 Å².